The van der Waals surface area contributed by atoms with Gasteiger partial charge in [0.25, 0.3) is 11.8 Å². The van der Waals surface area contributed by atoms with Crippen LogP contribution in [0.4, 0.5) is 27.1 Å². The first-order chi connectivity index (χ1) is 71.9. The molecule has 10 atom stereocenters. The molecule has 0 bridgehead atoms. The number of β-amino-alcohol motifs (C(OH)–C–C–N with tert-alkyl or cyclic N) is 4. The lowest BCUT2D eigenvalue weighted by Crippen LogP contribution is -2.56. The molecule has 4 fully saturated rings. The number of hydrogen-bond donors (Lipinski definition) is 8. The van der Waals surface area contributed by atoms with Gasteiger partial charge in [0.05, 0.1) is 107 Å². The molecule has 0 saturated carbocycles. The maximum Gasteiger partial charge on any atom is 0.269 e. The average Bonchev–Trinajstić information content (AvgIpc) is 0.780. The third-order valence-electron chi connectivity index (χ3n) is 27.4. The van der Waals surface area contributed by atoms with Gasteiger partial charge in [0.2, 0.25) is 0 Å². The lowest BCUT2D eigenvalue weighted by molar-refractivity contribution is -0.00399. The fraction of sp³-hybridized carbons (Fsp3) is 0.402. The van der Waals surface area contributed by atoms with E-state index in [1.807, 2.05) is 159 Å². The summed E-state index contributed by atoms with van der Waals surface area (Å²) in [6, 6.07) is 70.3. The number of pyridine rings is 4. The predicted molar refractivity (Wildman–Crippen MR) is 598 cm³/mol. The van der Waals surface area contributed by atoms with Crippen LogP contribution in [0.1, 0.15) is 203 Å². The topological polar surface area (TPSA) is 294 Å². The van der Waals surface area contributed by atoms with E-state index in [4.69, 9.17) is 88.6 Å². The number of carbonyl (C=O) groups excluding carboxylic acids is 2. The molecule has 8 N–H and O–H groups in total. The number of ether oxygens (including phenoxy) is 4. The zero-order valence-corrected chi connectivity index (χ0v) is 92.0. The van der Waals surface area contributed by atoms with Crippen LogP contribution in [0.5, 0.6) is 23.0 Å². The highest BCUT2D eigenvalue weighted by molar-refractivity contribution is 6.34. The average molecular weight is 2170 g/mol. The summed E-state index contributed by atoms with van der Waals surface area (Å²) in [4.78, 5) is 59.3. The fourth-order valence-electron chi connectivity index (χ4n) is 19.5. The first-order valence-corrected chi connectivity index (χ1v) is 53.7. The molecule has 0 radical (unpaired) electrons. The first kappa shape index (κ1) is 116. The number of anilines is 4. The number of benzene rings is 8. The summed E-state index contributed by atoms with van der Waals surface area (Å²) in [5.41, 5.74) is 8.25. The predicted octanol–water partition coefficient (Wildman–Crippen LogP) is 21.5. The number of hydrogen-bond acceptors (Lipinski definition) is 24. The van der Waals surface area contributed by atoms with Crippen molar-refractivity contribution in [3.05, 3.63) is 352 Å². The van der Waals surface area contributed by atoms with Gasteiger partial charge in [-0.25, -0.2) is 4.39 Å². The molecular formula is C117H141Cl6FN14O12. The van der Waals surface area contributed by atoms with Crippen molar-refractivity contribution in [1.29, 1.82) is 0 Å². The molecule has 2 amide bonds. The van der Waals surface area contributed by atoms with Gasteiger partial charge in [0.1, 0.15) is 62.6 Å². The van der Waals surface area contributed by atoms with E-state index in [-0.39, 0.29) is 67.1 Å². The van der Waals surface area contributed by atoms with Crippen molar-refractivity contribution in [2.45, 2.75) is 174 Å². The Kier molecular flexibility index (Phi) is 42.2. The second-order valence-corrected chi connectivity index (χ2v) is 42.1. The van der Waals surface area contributed by atoms with Crippen molar-refractivity contribution < 1.29 is 63.6 Å². The zero-order chi connectivity index (χ0) is 108. The molecule has 26 nitrogen and oxygen atoms in total. The molecule has 0 spiro atoms. The summed E-state index contributed by atoms with van der Waals surface area (Å²) in [6.07, 6.45) is 10.2. The SMILES string of the molecule is CCCOc1ccc(N2CCN(C[C@@](C)(O)c3ccc(C(=O)NC)nc3)C[C@H]2c2ccc(Cl)cc2)c(Cl)c1.CCCOc1ccc(N2CCN(C[C@@](C)(O)c3ccc(C(=O)NCC)nc3)C[C@H]2c2ccc(Cl)cc2)c(Cl)c1.CCCOc1ccc(N2C[C@@H](C)N(C[C@@](C)(O)c3ccc(CO)nc3)C[C@H]2c2ccc(Cl)cc2)cc1.CCCOc1ccc(N2[C@H](C)CN(C[C@@](C)(O)c3ccc(CO)nc3)C[C@H]2c2ccc(F)cc2)c(Cl)c1. The normalized spacial score (nSPS) is 18.8. The fourth-order valence-corrected chi connectivity index (χ4v) is 20.7. The summed E-state index contributed by atoms with van der Waals surface area (Å²) in [5.74, 6) is 2.36. The lowest BCUT2D eigenvalue weighted by atomic mass is 9.93. The number of rotatable bonds is 37. The molecular weight excluding hydrogens is 2030 g/mol. The van der Waals surface area contributed by atoms with Gasteiger partial charge >= 0.3 is 0 Å². The Morgan fingerprint density at radius 2 is 0.733 bits per heavy atom. The summed E-state index contributed by atoms with van der Waals surface area (Å²) in [6.45, 7) is 33.3. The van der Waals surface area contributed by atoms with Crippen LogP contribution in [0.25, 0.3) is 0 Å². The summed E-state index contributed by atoms with van der Waals surface area (Å²) in [7, 11) is 1.56. The molecule has 16 rings (SSSR count). The van der Waals surface area contributed by atoms with Crippen LogP contribution in [0.2, 0.25) is 30.1 Å². The summed E-state index contributed by atoms with van der Waals surface area (Å²) in [5, 5.41) is 73.5. The van der Waals surface area contributed by atoms with Gasteiger partial charge in [0.15, 0.2) is 0 Å². The van der Waals surface area contributed by atoms with Gasteiger partial charge in [-0.05, 0) is 230 Å². The smallest absolute Gasteiger partial charge is 0.269 e. The molecule has 4 aliphatic heterocycles. The Bertz CT molecular complexity index is 6280. The number of aliphatic hydroxyl groups excluding tert-OH is 2. The monoisotopic (exact) mass is 2160 g/mol. The van der Waals surface area contributed by atoms with Gasteiger partial charge in [-0.3, -0.25) is 49.1 Å². The van der Waals surface area contributed by atoms with Crippen molar-refractivity contribution in [2.75, 3.05) is 151 Å². The molecule has 8 aromatic carbocycles. The zero-order valence-electron chi connectivity index (χ0n) is 87.5. The minimum absolute atomic E-state index is 0.00882. The van der Waals surface area contributed by atoms with E-state index in [0.717, 1.165) is 120 Å². The lowest BCUT2D eigenvalue weighted by Gasteiger charge is -2.49. The molecule has 150 heavy (non-hydrogen) atoms. The van der Waals surface area contributed by atoms with Crippen LogP contribution < -0.4 is 49.2 Å². The van der Waals surface area contributed by atoms with Crippen molar-refractivity contribution in [3.8, 4) is 23.0 Å². The minimum atomic E-state index is -1.16. The number of nitrogens with zero attached hydrogens (tertiary/aromatic N) is 12. The Labute approximate surface area is 912 Å². The van der Waals surface area contributed by atoms with E-state index in [2.05, 4.69) is 136 Å². The number of aliphatic hydroxyl groups is 6. The van der Waals surface area contributed by atoms with E-state index in [1.165, 1.54) is 17.7 Å². The molecule has 800 valence electrons. The Morgan fingerprint density at radius 1 is 0.380 bits per heavy atom. The molecule has 0 unspecified atom stereocenters. The Balaban J connectivity index is 0.000000167. The Hall–Kier alpha value is -11.0. The van der Waals surface area contributed by atoms with Gasteiger partial charge < -0.3 is 79.8 Å². The van der Waals surface area contributed by atoms with E-state index in [9.17, 15) is 44.6 Å². The summed E-state index contributed by atoms with van der Waals surface area (Å²) < 4.78 is 36.9. The number of piperazine rings is 4. The van der Waals surface area contributed by atoms with Crippen molar-refractivity contribution in [1.82, 2.24) is 50.2 Å². The molecule has 4 aliphatic rings. The van der Waals surface area contributed by atoms with E-state index in [1.54, 1.807) is 95.1 Å². The highest BCUT2D eigenvalue weighted by Gasteiger charge is 2.43. The van der Waals surface area contributed by atoms with Crippen LogP contribution in [-0.2, 0) is 35.6 Å². The van der Waals surface area contributed by atoms with E-state index >= 15 is 0 Å². The van der Waals surface area contributed by atoms with Crippen molar-refractivity contribution in [3.63, 3.8) is 0 Å². The van der Waals surface area contributed by atoms with Crippen molar-refractivity contribution >= 4 is 104 Å². The van der Waals surface area contributed by atoms with Crippen LogP contribution in [0, 0.1) is 5.82 Å². The van der Waals surface area contributed by atoms with Gasteiger partial charge in [-0.1, -0.05) is 170 Å². The van der Waals surface area contributed by atoms with Crippen LogP contribution >= 0.6 is 69.6 Å². The molecule has 4 saturated heterocycles. The number of nitrogens with one attached hydrogen (secondary N) is 2. The number of aromatic nitrogens is 4. The van der Waals surface area contributed by atoms with Crippen LogP contribution in [0.15, 0.2) is 249 Å². The van der Waals surface area contributed by atoms with E-state index in [0.29, 0.717) is 168 Å². The van der Waals surface area contributed by atoms with Gasteiger partial charge in [0, 0.05) is 203 Å². The third kappa shape index (κ3) is 31.2. The number of amides is 2. The maximum atomic E-state index is 13.8. The van der Waals surface area contributed by atoms with E-state index < -0.39 is 22.4 Å². The quantitative estimate of drug-likeness (QED) is 0.0179. The number of carbonyl (C=O) groups is 2. The highest BCUT2D eigenvalue weighted by Crippen LogP contribution is 2.45. The molecule has 12 aromatic rings. The maximum absolute atomic E-state index is 13.8. The largest absolute Gasteiger partial charge is 0.494 e. The standard InChI is InChI=1S/C30H36Cl2N4O3.C29H34Cl2N4O3.C29H35ClFN3O3.C29H36ClN3O3/c1-4-16-39-24-11-13-27(25(32)17-24)36-15-14-35(19-28(36)21-6-9-23(31)10-7-21)20-30(3,38)22-8-12-26(34-18-22)29(37)33-5-2;1-4-15-38-23-10-12-26(24(31)16-23)35-14-13-34(18-27(35)20-5-8-22(30)9-6-20)19-29(2,37)21-7-11-25(33-17-21)28(36)32-3;1-4-13-37-25-11-12-27(26(30)14-25)34-20(2)16-33(17-28(34)21-5-8-23(31)9-6-21)19-29(3,36)22-7-10-24(18-35)32-15-22;1-4-15-36-27-13-11-26(12-14-27)33-17-21(2)32(18-28(33)22-5-8-24(30)9-6-22)20-29(3,35)23-7-10-25(19-34)31-16-23/h6-13,17-18,28,38H,4-5,14-16,19-20H2,1-3H3,(H,33,37);5-12,16-17,27,37H,4,13-15,18-19H2,1-3H3,(H,32,36);5-12,14-15,20,28,35-36H,4,13,16-19H2,1-3H3;5-14,16,21,28,34-35H,4,15,17-20H2,1-3H3/t28-,30+;27-,29+;20-,28+,29-;21-,28+,29-/m0011/s1. The Morgan fingerprint density at radius 3 is 1.11 bits per heavy atom. The molecule has 8 heterocycles. The highest BCUT2D eigenvalue weighted by atomic mass is 35.5. The second kappa shape index (κ2) is 54.5. The molecule has 0 aliphatic carbocycles. The summed E-state index contributed by atoms with van der Waals surface area (Å²) >= 11 is 38.9. The van der Waals surface area contributed by atoms with Gasteiger partial charge in [-0.15, -0.1) is 0 Å². The molecule has 33 heteroatoms. The first-order valence-electron chi connectivity index (χ1n) is 51.4. The van der Waals surface area contributed by atoms with Crippen molar-refractivity contribution in [2.24, 2.45) is 0 Å². The minimum Gasteiger partial charge on any atom is -0.494 e. The van der Waals surface area contributed by atoms with Gasteiger partial charge in [-0.2, -0.15) is 0 Å². The number of halogens is 7. The second-order valence-electron chi connectivity index (χ2n) is 39.5. The van der Waals surface area contributed by atoms with Crippen LogP contribution in [0.3, 0.4) is 0 Å². The third-order valence-corrected chi connectivity index (χ3v) is 29.1. The molecule has 4 aromatic heterocycles. The van der Waals surface area contributed by atoms with Crippen LogP contribution in [-0.4, -0.2) is 226 Å².